The molecule has 1 heterocycles. The molecular formula is C14H16N4OS. The number of benzene rings is 1. The second kappa shape index (κ2) is 5.66. The number of thioether (sulfide) groups is 1. The summed E-state index contributed by atoms with van der Waals surface area (Å²) >= 11 is 1.37. The highest BCUT2D eigenvalue weighted by Crippen LogP contribution is 2.38. The Balaban J connectivity index is 1.57. The molecule has 1 aromatic carbocycles. The molecule has 1 unspecified atom stereocenters. The van der Waals surface area contributed by atoms with Crippen molar-refractivity contribution < 1.29 is 4.79 Å². The van der Waals surface area contributed by atoms with E-state index in [1.54, 1.807) is 0 Å². The van der Waals surface area contributed by atoms with Gasteiger partial charge < -0.3 is 5.32 Å². The van der Waals surface area contributed by atoms with Crippen LogP contribution in [0.15, 0.2) is 35.5 Å². The molecule has 2 N–H and O–H groups in total. The zero-order chi connectivity index (χ0) is 13.9. The Morgan fingerprint density at radius 2 is 2.15 bits per heavy atom. The van der Waals surface area contributed by atoms with E-state index < -0.39 is 0 Å². The number of carbonyl (C=O) groups is 1. The lowest BCUT2D eigenvalue weighted by Crippen LogP contribution is -2.22. The molecule has 1 aliphatic carbocycles. The smallest absolute Gasteiger partial charge is 0.237 e. The van der Waals surface area contributed by atoms with E-state index in [0.717, 1.165) is 11.5 Å². The first kappa shape index (κ1) is 13.2. The molecule has 0 saturated heterocycles. The van der Waals surface area contributed by atoms with E-state index in [0.29, 0.717) is 11.1 Å². The lowest BCUT2D eigenvalue weighted by atomic mass is 10.3. The summed E-state index contributed by atoms with van der Waals surface area (Å²) in [5.74, 6) is 1.45. The van der Waals surface area contributed by atoms with Gasteiger partial charge in [-0.15, -0.1) is 5.10 Å². The topological polar surface area (TPSA) is 70.7 Å². The van der Waals surface area contributed by atoms with Crippen molar-refractivity contribution >= 4 is 23.4 Å². The highest BCUT2D eigenvalue weighted by atomic mass is 32.2. The Bertz CT molecular complexity index is 594. The maximum absolute atomic E-state index is 12.1. The van der Waals surface area contributed by atoms with Crippen molar-refractivity contribution in [1.29, 1.82) is 0 Å². The fraction of sp³-hybridized carbons (Fsp3) is 0.357. The molecule has 1 amide bonds. The van der Waals surface area contributed by atoms with E-state index in [1.165, 1.54) is 24.6 Å². The number of para-hydroxylation sites is 1. The van der Waals surface area contributed by atoms with Crippen LogP contribution in [0, 0.1) is 0 Å². The zero-order valence-corrected chi connectivity index (χ0v) is 12.0. The normalized spacial score (nSPS) is 15.8. The summed E-state index contributed by atoms with van der Waals surface area (Å²) in [6.45, 7) is 1.86. The van der Waals surface area contributed by atoms with E-state index in [2.05, 4.69) is 20.5 Å². The number of hydrogen-bond donors (Lipinski definition) is 2. The van der Waals surface area contributed by atoms with Crippen LogP contribution in [0.4, 0.5) is 5.69 Å². The SMILES string of the molecule is CC(Sc1n[nH]c(C2CC2)n1)C(=O)Nc1ccccc1. The average Bonchev–Trinajstić information content (AvgIpc) is 3.20. The van der Waals surface area contributed by atoms with Gasteiger partial charge in [-0.1, -0.05) is 30.0 Å². The van der Waals surface area contributed by atoms with Gasteiger partial charge in [0.25, 0.3) is 0 Å². The third kappa shape index (κ3) is 3.19. The van der Waals surface area contributed by atoms with Gasteiger partial charge in [0.2, 0.25) is 11.1 Å². The number of amides is 1. The van der Waals surface area contributed by atoms with Crippen LogP contribution in [-0.4, -0.2) is 26.3 Å². The number of H-pyrrole nitrogens is 1. The van der Waals surface area contributed by atoms with Gasteiger partial charge in [-0.05, 0) is 31.9 Å². The van der Waals surface area contributed by atoms with Crippen LogP contribution in [0.3, 0.4) is 0 Å². The Labute approximate surface area is 121 Å². The number of aromatic amines is 1. The molecule has 0 spiro atoms. The summed E-state index contributed by atoms with van der Waals surface area (Å²) in [5, 5.41) is 10.4. The number of rotatable bonds is 5. The average molecular weight is 288 g/mol. The molecule has 1 aromatic heterocycles. The number of anilines is 1. The molecule has 1 fully saturated rings. The first-order valence-corrected chi connectivity index (χ1v) is 7.55. The fourth-order valence-electron chi connectivity index (χ4n) is 1.83. The molecule has 5 nitrogen and oxygen atoms in total. The lowest BCUT2D eigenvalue weighted by Gasteiger charge is -2.09. The highest BCUT2D eigenvalue weighted by molar-refractivity contribution is 8.00. The van der Waals surface area contributed by atoms with Crippen LogP contribution in [0.1, 0.15) is 31.5 Å². The van der Waals surface area contributed by atoms with Crippen LogP contribution < -0.4 is 5.32 Å². The van der Waals surface area contributed by atoms with Crippen LogP contribution >= 0.6 is 11.8 Å². The number of hydrogen-bond acceptors (Lipinski definition) is 4. The maximum atomic E-state index is 12.1. The van der Waals surface area contributed by atoms with Crippen molar-refractivity contribution in [2.24, 2.45) is 0 Å². The zero-order valence-electron chi connectivity index (χ0n) is 11.2. The second-order valence-corrected chi connectivity index (χ2v) is 6.20. The van der Waals surface area contributed by atoms with E-state index >= 15 is 0 Å². The minimum atomic E-state index is -0.238. The predicted octanol–water partition coefficient (Wildman–Crippen LogP) is 2.80. The van der Waals surface area contributed by atoms with E-state index in [4.69, 9.17) is 0 Å². The number of carbonyl (C=O) groups excluding carboxylic acids is 1. The predicted molar refractivity (Wildman–Crippen MR) is 78.7 cm³/mol. The summed E-state index contributed by atoms with van der Waals surface area (Å²) in [4.78, 5) is 16.5. The number of nitrogens with zero attached hydrogens (tertiary/aromatic N) is 2. The van der Waals surface area contributed by atoms with Gasteiger partial charge in [0.15, 0.2) is 0 Å². The molecular weight excluding hydrogens is 272 g/mol. The summed E-state index contributed by atoms with van der Waals surface area (Å²) in [7, 11) is 0. The minimum absolute atomic E-state index is 0.0426. The fourth-order valence-corrected chi connectivity index (χ4v) is 2.56. The van der Waals surface area contributed by atoms with Crippen molar-refractivity contribution in [3.05, 3.63) is 36.2 Å². The van der Waals surface area contributed by atoms with Gasteiger partial charge in [0, 0.05) is 11.6 Å². The van der Waals surface area contributed by atoms with Crippen molar-refractivity contribution in [2.45, 2.75) is 36.1 Å². The van der Waals surface area contributed by atoms with E-state index in [-0.39, 0.29) is 11.2 Å². The Kier molecular flexibility index (Phi) is 3.73. The number of nitrogens with one attached hydrogen (secondary N) is 2. The second-order valence-electron chi connectivity index (χ2n) is 4.89. The molecule has 0 bridgehead atoms. The van der Waals surface area contributed by atoms with Gasteiger partial charge in [-0.25, -0.2) is 4.98 Å². The molecule has 0 radical (unpaired) electrons. The summed E-state index contributed by atoms with van der Waals surface area (Å²) in [5.41, 5.74) is 0.804. The third-order valence-electron chi connectivity index (χ3n) is 3.14. The van der Waals surface area contributed by atoms with E-state index in [9.17, 15) is 4.79 Å². The lowest BCUT2D eigenvalue weighted by molar-refractivity contribution is -0.115. The molecule has 0 aliphatic heterocycles. The molecule has 6 heteroatoms. The Hall–Kier alpha value is -1.82. The largest absolute Gasteiger partial charge is 0.325 e. The van der Waals surface area contributed by atoms with Crippen molar-refractivity contribution in [2.75, 3.05) is 5.32 Å². The molecule has 1 saturated carbocycles. The van der Waals surface area contributed by atoms with Crippen LogP contribution in [0.2, 0.25) is 0 Å². The monoisotopic (exact) mass is 288 g/mol. The minimum Gasteiger partial charge on any atom is -0.325 e. The molecule has 2 aromatic rings. The maximum Gasteiger partial charge on any atom is 0.237 e. The molecule has 20 heavy (non-hydrogen) atoms. The van der Waals surface area contributed by atoms with E-state index in [1.807, 2.05) is 37.3 Å². The standard InChI is InChI=1S/C14H16N4OS/c1-9(13(19)15-11-5-3-2-4-6-11)20-14-16-12(17-18-14)10-7-8-10/h2-6,9-10H,7-8H2,1H3,(H,15,19)(H,16,17,18). The van der Waals surface area contributed by atoms with Crippen LogP contribution in [0.5, 0.6) is 0 Å². The van der Waals surface area contributed by atoms with Gasteiger partial charge in [-0.3, -0.25) is 9.89 Å². The molecule has 1 atom stereocenters. The van der Waals surface area contributed by atoms with Gasteiger partial charge in [0.1, 0.15) is 5.82 Å². The van der Waals surface area contributed by atoms with Gasteiger partial charge in [-0.2, -0.15) is 0 Å². The van der Waals surface area contributed by atoms with Crippen molar-refractivity contribution in [3.63, 3.8) is 0 Å². The third-order valence-corrected chi connectivity index (χ3v) is 4.10. The highest BCUT2D eigenvalue weighted by Gasteiger charge is 2.27. The first-order valence-electron chi connectivity index (χ1n) is 6.67. The van der Waals surface area contributed by atoms with Crippen LogP contribution in [-0.2, 0) is 4.79 Å². The molecule has 104 valence electrons. The van der Waals surface area contributed by atoms with Crippen molar-refractivity contribution in [1.82, 2.24) is 15.2 Å². The van der Waals surface area contributed by atoms with Crippen LogP contribution in [0.25, 0.3) is 0 Å². The first-order chi connectivity index (χ1) is 9.72. The van der Waals surface area contributed by atoms with Crippen molar-refractivity contribution in [3.8, 4) is 0 Å². The summed E-state index contributed by atoms with van der Waals surface area (Å²) < 4.78 is 0. The Morgan fingerprint density at radius 3 is 2.85 bits per heavy atom. The summed E-state index contributed by atoms with van der Waals surface area (Å²) in [6, 6.07) is 9.44. The van der Waals surface area contributed by atoms with Gasteiger partial charge >= 0.3 is 0 Å². The molecule has 3 rings (SSSR count). The summed E-state index contributed by atoms with van der Waals surface area (Å²) in [6.07, 6.45) is 2.37. The Morgan fingerprint density at radius 1 is 1.40 bits per heavy atom. The quantitative estimate of drug-likeness (QED) is 0.830. The molecule has 1 aliphatic rings. The number of aromatic nitrogens is 3. The van der Waals surface area contributed by atoms with Gasteiger partial charge in [0.05, 0.1) is 5.25 Å².